The lowest BCUT2D eigenvalue weighted by Crippen LogP contribution is -2.60. The van der Waals surface area contributed by atoms with Gasteiger partial charge in [0.15, 0.2) is 0 Å². The molecule has 3 rings (SSSR count). The van der Waals surface area contributed by atoms with Crippen LogP contribution in [0.4, 0.5) is 0 Å². The van der Waals surface area contributed by atoms with Crippen LogP contribution in [0.15, 0.2) is 30.3 Å². The van der Waals surface area contributed by atoms with Gasteiger partial charge in [-0.25, -0.2) is 0 Å². The number of hydrogen-bond acceptors (Lipinski definition) is 3. The molecule has 1 heterocycles. The van der Waals surface area contributed by atoms with Gasteiger partial charge in [0.1, 0.15) is 6.04 Å². The first-order valence-electron chi connectivity index (χ1n) is 6.89. The van der Waals surface area contributed by atoms with Crippen LogP contribution in [0.3, 0.4) is 0 Å². The normalized spacial score (nSPS) is 29.5. The molecule has 0 spiro atoms. The molecule has 1 fully saturated rings. The summed E-state index contributed by atoms with van der Waals surface area (Å²) in [6.07, 6.45) is 5.93. The lowest BCUT2D eigenvalue weighted by Gasteiger charge is -2.42. The molecule has 0 radical (unpaired) electrons. The smallest absolute Gasteiger partial charge is 0.104 e. The molecular weight excluding hydrogens is 236 g/mol. The average Bonchev–Trinajstić information content (AvgIpc) is 2.93. The van der Waals surface area contributed by atoms with E-state index in [4.69, 9.17) is 5.26 Å². The van der Waals surface area contributed by atoms with Gasteiger partial charge >= 0.3 is 0 Å². The van der Waals surface area contributed by atoms with Crippen molar-refractivity contribution in [2.45, 2.75) is 37.3 Å². The lowest BCUT2D eigenvalue weighted by molar-refractivity contribution is 0.151. The average molecular weight is 254 g/mol. The van der Waals surface area contributed by atoms with Crippen LogP contribution in [0, 0.1) is 11.3 Å². The van der Waals surface area contributed by atoms with Crippen molar-refractivity contribution in [3.8, 4) is 6.07 Å². The molecule has 1 aliphatic heterocycles. The summed E-state index contributed by atoms with van der Waals surface area (Å²) in [7, 11) is 0. The first-order chi connectivity index (χ1) is 9.33. The largest absolute Gasteiger partial charge is 0.395 e. The van der Waals surface area contributed by atoms with Crippen molar-refractivity contribution in [3.05, 3.63) is 41.5 Å². The molecule has 1 aromatic carbocycles. The zero-order chi connectivity index (χ0) is 13.2. The Morgan fingerprint density at radius 1 is 1.32 bits per heavy atom. The standard InChI is InChI=1S/C16H18N2O/c17-9-14-16(15(10-19)18-14)13-7-5-12(6-8-13)11-3-1-2-4-11/h3,5-8,14-16,18-19H,1-2,4,10H2/t14-,15+,16+/m0/s1. The summed E-state index contributed by atoms with van der Waals surface area (Å²) < 4.78 is 0. The number of aliphatic hydroxyl groups is 1. The van der Waals surface area contributed by atoms with E-state index in [2.05, 4.69) is 41.7 Å². The van der Waals surface area contributed by atoms with Gasteiger partial charge in [-0.1, -0.05) is 30.3 Å². The molecule has 98 valence electrons. The third-order valence-electron chi connectivity index (χ3n) is 4.23. The molecule has 3 heteroatoms. The zero-order valence-electron chi connectivity index (χ0n) is 10.8. The maximum atomic E-state index is 9.28. The Labute approximate surface area is 113 Å². The Hall–Kier alpha value is -1.63. The summed E-state index contributed by atoms with van der Waals surface area (Å²) in [5, 5.41) is 21.4. The predicted molar refractivity (Wildman–Crippen MR) is 74.4 cm³/mol. The molecule has 0 bridgehead atoms. The Bertz CT molecular complexity index is 527. The lowest BCUT2D eigenvalue weighted by atomic mass is 9.78. The van der Waals surface area contributed by atoms with E-state index in [1.54, 1.807) is 0 Å². The number of nitrogens with zero attached hydrogens (tertiary/aromatic N) is 1. The van der Waals surface area contributed by atoms with Crippen LogP contribution in [0.1, 0.15) is 36.3 Å². The molecule has 1 saturated heterocycles. The summed E-state index contributed by atoms with van der Waals surface area (Å²) in [5.74, 6) is 0.113. The minimum absolute atomic E-state index is 0.0150. The molecule has 3 nitrogen and oxygen atoms in total. The number of allylic oxidation sites excluding steroid dienone is 2. The van der Waals surface area contributed by atoms with Crippen LogP contribution in [0.25, 0.3) is 5.57 Å². The van der Waals surface area contributed by atoms with Crippen molar-refractivity contribution < 1.29 is 5.11 Å². The first kappa shape index (κ1) is 12.4. The van der Waals surface area contributed by atoms with E-state index >= 15 is 0 Å². The number of nitriles is 1. The number of aliphatic hydroxyl groups excluding tert-OH is 1. The highest BCUT2D eigenvalue weighted by atomic mass is 16.3. The van der Waals surface area contributed by atoms with Crippen LogP contribution in [-0.2, 0) is 0 Å². The Morgan fingerprint density at radius 2 is 2.11 bits per heavy atom. The fraction of sp³-hybridized carbons (Fsp3) is 0.438. The minimum Gasteiger partial charge on any atom is -0.395 e. The van der Waals surface area contributed by atoms with Crippen LogP contribution in [0.2, 0.25) is 0 Å². The van der Waals surface area contributed by atoms with Gasteiger partial charge in [0, 0.05) is 12.0 Å². The maximum Gasteiger partial charge on any atom is 0.104 e. The summed E-state index contributed by atoms with van der Waals surface area (Å²) in [4.78, 5) is 0. The predicted octanol–water partition coefficient (Wildman–Crippen LogP) is 2.19. The second kappa shape index (κ2) is 5.16. The van der Waals surface area contributed by atoms with E-state index < -0.39 is 0 Å². The van der Waals surface area contributed by atoms with Gasteiger partial charge in [0.05, 0.1) is 12.7 Å². The van der Waals surface area contributed by atoms with Crippen molar-refractivity contribution in [2.75, 3.05) is 6.61 Å². The monoisotopic (exact) mass is 254 g/mol. The van der Waals surface area contributed by atoms with E-state index in [1.165, 1.54) is 30.4 Å². The minimum atomic E-state index is -0.173. The summed E-state index contributed by atoms with van der Waals surface area (Å²) in [6.45, 7) is 0.0791. The van der Waals surface area contributed by atoms with Crippen molar-refractivity contribution in [1.29, 1.82) is 5.26 Å². The van der Waals surface area contributed by atoms with Crippen molar-refractivity contribution in [1.82, 2.24) is 5.32 Å². The highest BCUT2D eigenvalue weighted by Crippen LogP contribution is 2.33. The second-order valence-corrected chi connectivity index (χ2v) is 5.33. The topological polar surface area (TPSA) is 56.0 Å². The van der Waals surface area contributed by atoms with Gasteiger partial charge < -0.3 is 5.11 Å². The van der Waals surface area contributed by atoms with Crippen LogP contribution < -0.4 is 5.32 Å². The Morgan fingerprint density at radius 3 is 2.68 bits per heavy atom. The zero-order valence-corrected chi connectivity index (χ0v) is 10.8. The summed E-state index contributed by atoms with van der Waals surface area (Å²) >= 11 is 0. The molecule has 0 aromatic heterocycles. The summed E-state index contributed by atoms with van der Waals surface area (Å²) in [6, 6.07) is 10.6. The van der Waals surface area contributed by atoms with Gasteiger partial charge in [0.2, 0.25) is 0 Å². The van der Waals surface area contributed by atoms with Gasteiger partial charge in [0.25, 0.3) is 0 Å². The van der Waals surface area contributed by atoms with Gasteiger partial charge in [-0.15, -0.1) is 0 Å². The van der Waals surface area contributed by atoms with E-state index in [1.807, 2.05) is 0 Å². The fourth-order valence-corrected chi connectivity index (χ4v) is 3.11. The van der Waals surface area contributed by atoms with Crippen LogP contribution >= 0.6 is 0 Å². The second-order valence-electron chi connectivity index (χ2n) is 5.33. The van der Waals surface area contributed by atoms with Gasteiger partial charge in [-0.05, 0) is 36.0 Å². The number of hydrogen-bond donors (Lipinski definition) is 2. The number of benzene rings is 1. The Kier molecular flexibility index (Phi) is 3.37. The molecule has 0 unspecified atom stereocenters. The first-order valence-corrected chi connectivity index (χ1v) is 6.89. The van der Waals surface area contributed by atoms with Crippen molar-refractivity contribution in [2.24, 2.45) is 0 Å². The quantitative estimate of drug-likeness (QED) is 0.869. The molecule has 3 atom stereocenters. The number of rotatable bonds is 3. The summed E-state index contributed by atoms with van der Waals surface area (Å²) in [5.41, 5.74) is 3.88. The highest BCUT2D eigenvalue weighted by Gasteiger charge is 2.41. The number of nitrogens with one attached hydrogen (secondary N) is 1. The molecule has 1 aromatic rings. The maximum absolute atomic E-state index is 9.28. The molecule has 0 amide bonds. The third kappa shape index (κ3) is 2.18. The van der Waals surface area contributed by atoms with E-state index in [-0.39, 0.29) is 24.6 Å². The SMILES string of the molecule is N#C[C@@H]1N[C@H](CO)[C@@H]1c1ccc(C2=CCCC2)cc1. The molecule has 2 aliphatic rings. The van der Waals surface area contributed by atoms with Gasteiger partial charge in [-0.3, -0.25) is 5.32 Å². The van der Waals surface area contributed by atoms with E-state index in [0.717, 1.165) is 5.56 Å². The van der Waals surface area contributed by atoms with Crippen molar-refractivity contribution >= 4 is 5.57 Å². The molecule has 1 aliphatic carbocycles. The van der Waals surface area contributed by atoms with E-state index in [0.29, 0.717) is 0 Å². The molecule has 0 saturated carbocycles. The van der Waals surface area contributed by atoms with Gasteiger partial charge in [-0.2, -0.15) is 5.26 Å². The van der Waals surface area contributed by atoms with Crippen LogP contribution in [-0.4, -0.2) is 23.8 Å². The Balaban J connectivity index is 1.80. The highest BCUT2D eigenvalue weighted by molar-refractivity contribution is 5.67. The third-order valence-corrected chi connectivity index (χ3v) is 4.23. The van der Waals surface area contributed by atoms with Crippen molar-refractivity contribution in [3.63, 3.8) is 0 Å². The van der Waals surface area contributed by atoms with E-state index in [9.17, 15) is 5.11 Å². The molecule has 19 heavy (non-hydrogen) atoms. The fourth-order valence-electron chi connectivity index (χ4n) is 3.11. The van der Waals surface area contributed by atoms with Crippen LogP contribution in [0.5, 0.6) is 0 Å². The molecule has 2 N–H and O–H groups in total. The molecular formula is C16H18N2O.